The highest BCUT2D eigenvalue weighted by atomic mass is 16.6. The van der Waals surface area contributed by atoms with Gasteiger partial charge in [-0.15, -0.1) is 10.2 Å². The van der Waals surface area contributed by atoms with E-state index in [0.29, 0.717) is 17.4 Å². The molecule has 0 aliphatic rings. The van der Waals surface area contributed by atoms with Gasteiger partial charge in [0.15, 0.2) is 6.10 Å². The maximum Gasteiger partial charge on any atom is 0.311 e. The smallest absolute Gasteiger partial charge is 0.311 e. The number of esters is 1. The van der Waals surface area contributed by atoms with Gasteiger partial charge in [0.25, 0.3) is 11.7 Å². The number of hydrogen-bond acceptors (Lipinski definition) is 8. The molecule has 0 aliphatic carbocycles. The van der Waals surface area contributed by atoms with Crippen LogP contribution in [0.25, 0.3) is 17.2 Å². The summed E-state index contributed by atoms with van der Waals surface area (Å²) in [6.07, 6.45) is 0.821. The summed E-state index contributed by atoms with van der Waals surface area (Å²) in [4.78, 5) is 21.0. The zero-order chi connectivity index (χ0) is 20.5. The molecule has 0 radical (unpaired) electrons. The molecule has 3 heterocycles. The molecule has 148 valence electrons. The first-order valence-electron chi connectivity index (χ1n) is 9.18. The van der Waals surface area contributed by atoms with Gasteiger partial charge in [-0.05, 0) is 39.8 Å². The van der Waals surface area contributed by atoms with Crippen LogP contribution in [0.1, 0.15) is 41.4 Å². The molecular formula is C20H20N6O3. The van der Waals surface area contributed by atoms with Gasteiger partial charge in [-0.2, -0.15) is 10.1 Å². The number of fused-ring (bicyclic) bond motifs is 1. The van der Waals surface area contributed by atoms with Gasteiger partial charge in [-0.1, -0.05) is 17.7 Å². The Bertz CT molecular complexity index is 1180. The van der Waals surface area contributed by atoms with Gasteiger partial charge in [0.05, 0.1) is 6.42 Å². The van der Waals surface area contributed by atoms with Gasteiger partial charge in [-0.3, -0.25) is 4.79 Å². The second kappa shape index (κ2) is 7.42. The van der Waals surface area contributed by atoms with Crippen LogP contribution in [0.5, 0.6) is 0 Å². The van der Waals surface area contributed by atoms with Crippen molar-refractivity contribution in [2.75, 3.05) is 0 Å². The minimum atomic E-state index is -0.669. The minimum Gasteiger partial charge on any atom is -0.452 e. The van der Waals surface area contributed by atoms with E-state index in [1.54, 1.807) is 11.4 Å². The summed E-state index contributed by atoms with van der Waals surface area (Å²) in [6.45, 7) is 7.40. The number of benzene rings is 1. The predicted octanol–water partition coefficient (Wildman–Crippen LogP) is 2.95. The summed E-state index contributed by atoms with van der Waals surface area (Å²) in [5.41, 5.74) is 4.22. The van der Waals surface area contributed by atoms with Crippen molar-refractivity contribution in [2.24, 2.45) is 0 Å². The van der Waals surface area contributed by atoms with E-state index in [1.165, 1.54) is 6.33 Å². The van der Waals surface area contributed by atoms with Crippen molar-refractivity contribution in [3.05, 3.63) is 59.0 Å². The van der Waals surface area contributed by atoms with Gasteiger partial charge >= 0.3 is 5.97 Å². The molecule has 4 rings (SSSR count). The van der Waals surface area contributed by atoms with Gasteiger partial charge in [-0.25, -0.2) is 9.50 Å². The van der Waals surface area contributed by atoms with Gasteiger partial charge in [0, 0.05) is 22.5 Å². The lowest BCUT2D eigenvalue weighted by Gasteiger charge is -2.12. The normalized spacial score (nSPS) is 12.3. The lowest BCUT2D eigenvalue weighted by atomic mass is 10.1. The number of carbonyl (C=O) groups excluding carboxylic acids is 1. The van der Waals surface area contributed by atoms with E-state index in [0.717, 1.165) is 22.4 Å². The molecule has 1 aromatic carbocycles. The fraction of sp³-hybridized carbons (Fsp3) is 0.300. The van der Waals surface area contributed by atoms with Crippen LogP contribution < -0.4 is 0 Å². The average Bonchev–Trinajstić information content (AvgIpc) is 3.35. The van der Waals surface area contributed by atoms with E-state index >= 15 is 0 Å². The number of aryl methyl sites for hydroxylation is 3. The number of ether oxygens (including phenoxy) is 1. The van der Waals surface area contributed by atoms with Crippen LogP contribution in [0, 0.1) is 20.8 Å². The maximum atomic E-state index is 12.5. The Hall–Kier alpha value is -3.62. The molecule has 9 heteroatoms. The molecule has 29 heavy (non-hydrogen) atoms. The third-order valence-corrected chi connectivity index (χ3v) is 4.70. The summed E-state index contributed by atoms with van der Waals surface area (Å²) < 4.78 is 12.8. The summed E-state index contributed by atoms with van der Waals surface area (Å²) in [6, 6.07) is 7.74. The van der Waals surface area contributed by atoms with E-state index in [1.807, 2.05) is 45.0 Å². The predicted molar refractivity (Wildman–Crippen MR) is 103 cm³/mol. The number of hydrogen-bond donors (Lipinski definition) is 0. The summed E-state index contributed by atoms with van der Waals surface area (Å²) in [7, 11) is 0. The Labute approximate surface area is 166 Å². The third-order valence-electron chi connectivity index (χ3n) is 4.70. The highest BCUT2D eigenvalue weighted by Crippen LogP contribution is 2.23. The molecule has 4 aromatic rings. The van der Waals surface area contributed by atoms with Crippen LogP contribution in [0.15, 0.2) is 35.0 Å². The van der Waals surface area contributed by atoms with Crippen molar-refractivity contribution < 1.29 is 13.9 Å². The van der Waals surface area contributed by atoms with Gasteiger partial charge in [0.1, 0.15) is 6.33 Å². The van der Waals surface area contributed by atoms with Crippen LogP contribution in [-0.4, -0.2) is 35.7 Å². The second-order valence-corrected chi connectivity index (χ2v) is 6.85. The summed E-state index contributed by atoms with van der Waals surface area (Å²) in [5, 5.41) is 12.2. The van der Waals surface area contributed by atoms with Crippen molar-refractivity contribution in [1.29, 1.82) is 0 Å². The Morgan fingerprint density at radius 3 is 2.69 bits per heavy atom. The Balaban J connectivity index is 1.47. The SMILES string of the molecule is Cc1ccc(-c2nnc([C@@H](C)OC(=O)Cc3c(C)nc4ncnn4c3C)o2)cc1. The Kier molecular flexibility index (Phi) is 4.79. The van der Waals surface area contributed by atoms with Crippen LogP contribution in [0.2, 0.25) is 0 Å². The van der Waals surface area contributed by atoms with Crippen LogP contribution >= 0.6 is 0 Å². The third kappa shape index (κ3) is 3.71. The summed E-state index contributed by atoms with van der Waals surface area (Å²) in [5.74, 6) is 0.711. The van der Waals surface area contributed by atoms with Crippen molar-refractivity contribution in [1.82, 2.24) is 29.8 Å². The first kappa shape index (κ1) is 18.7. The van der Waals surface area contributed by atoms with Crippen molar-refractivity contribution in [3.63, 3.8) is 0 Å². The van der Waals surface area contributed by atoms with Crippen LogP contribution in [-0.2, 0) is 16.0 Å². The molecule has 0 bridgehead atoms. The number of nitrogens with zero attached hydrogens (tertiary/aromatic N) is 6. The molecule has 0 N–H and O–H groups in total. The molecule has 0 fully saturated rings. The molecule has 0 spiro atoms. The summed E-state index contributed by atoms with van der Waals surface area (Å²) >= 11 is 0. The quantitative estimate of drug-likeness (QED) is 0.477. The largest absolute Gasteiger partial charge is 0.452 e. The average molecular weight is 392 g/mol. The highest BCUT2D eigenvalue weighted by molar-refractivity contribution is 5.73. The standard InChI is InChI=1S/C20H20N6O3/c1-11-5-7-15(8-6-11)19-25-24-18(29-19)14(4)28-17(27)9-16-12(2)23-20-21-10-22-26(20)13(16)3/h5-8,10,14H,9H2,1-4H3/t14-/m1/s1. The van der Waals surface area contributed by atoms with E-state index in [9.17, 15) is 4.79 Å². The molecule has 9 nitrogen and oxygen atoms in total. The molecule has 0 saturated carbocycles. The topological polar surface area (TPSA) is 108 Å². The molecular weight excluding hydrogens is 372 g/mol. The molecule has 1 atom stereocenters. The lowest BCUT2D eigenvalue weighted by molar-refractivity contribution is -0.148. The second-order valence-electron chi connectivity index (χ2n) is 6.85. The molecule has 3 aromatic heterocycles. The lowest BCUT2D eigenvalue weighted by Crippen LogP contribution is -2.15. The van der Waals surface area contributed by atoms with Crippen molar-refractivity contribution >= 4 is 11.7 Å². The van der Waals surface area contributed by atoms with E-state index in [2.05, 4.69) is 25.3 Å². The van der Waals surface area contributed by atoms with Gasteiger partial charge in [0.2, 0.25) is 5.89 Å². The fourth-order valence-electron chi connectivity index (χ4n) is 3.06. The number of carbonyl (C=O) groups is 1. The first-order chi connectivity index (χ1) is 13.9. The number of aromatic nitrogens is 6. The molecule has 0 unspecified atom stereocenters. The molecule has 0 aliphatic heterocycles. The monoisotopic (exact) mass is 392 g/mol. The van der Waals surface area contributed by atoms with E-state index < -0.39 is 12.1 Å². The van der Waals surface area contributed by atoms with E-state index in [-0.39, 0.29) is 12.3 Å². The maximum absolute atomic E-state index is 12.5. The fourth-order valence-corrected chi connectivity index (χ4v) is 3.06. The number of rotatable bonds is 5. The van der Waals surface area contributed by atoms with Crippen molar-refractivity contribution in [2.45, 2.75) is 40.2 Å². The molecule has 0 saturated heterocycles. The first-order valence-corrected chi connectivity index (χ1v) is 9.18. The van der Waals surface area contributed by atoms with E-state index in [4.69, 9.17) is 9.15 Å². The molecule has 0 amide bonds. The highest BCUT2D eigenvalue weighted by Gasteiger charge is 2.21. The van der Waals surface area contributed by atoms with Gasteiger partial charge < -0.3 is 9.15 Å². The minimum absolute atomic E-state index is 0.0593. The Morgan fingerprint density at radius 2 is 1.93 bits per heavy atom. The van der Waals surface area contributed by atoms with Crippen LogP contribution in [0.4, 0.5) is 0 Å². The van der Waals surface area contributed by atoms with Crippen molar-refractivity contribution in [3.8, 4) is 11.5 Å². The van der Waals surface area contributed by atoms with Crippen LogP contribution in [0.3, 0.4) is 0 Å². The zero-order valence-corrected chi connectivity index (χ0v) is 16.6. The zero-order valence-electron chi connectivity index (χ0n) is 16.6. The Morgan fingerprint density at radius 1 is 1.17 bits per heavy atom.